The third-order valence-electron chi connectivity index (χ3n) is 11.0. The first kappa shape index (κ1) is 32.7. The first-order chi connectivity index (χ1) is 28.3. The van der Waals surface area contributed by atoms with E-state index in [-0.39, 0.29) is 0 Å². The minimum atomic E-state index is 0.625. The molecule has 0 aliphatic carbocycles. The Morgan fingerprint density at radius 1 is 0.386 bits per heavy atom. The molecular weight excluding hydrogens is 695 g/mol. The highest BCUT2D eigenvalue weighted by atomic mass is 16.3. The lowest BCUT2D eigenvalue weighted by molar-refractivity contribution is 0.620. The maximum atomic E-state index is 6.43. The van der Waals surface area contributed by atoms with Crippen LogP contribution in [-0.2, 0) is 0 Å². The number of oxazole rings is 1. The summed E-state index contributed by atoms with van der Waals surface area (Å²) in [6, 6.07) is 75.2. The van der Waals surface area contributed by atoms with Crippen LogP contribution in [0.2, 0.25) is 0 Å². The van der Waals surface area contributed by atoms with Crippen molar-refractivity contribution < 1.29 is 4.42 Å². The zero-order chi connectivity index (χ0) is 37.7. The Balaban J connectivity index is 1.08. The van der Waals surface area contributed by atoms with E-state index in [1.165, 1.54) is 21.9 Å². The lowest BCUT2D eigenvalue weighted by Crippen LogP contribution is -2.10. The van der Waals surface area contributed by atoms with Gasteiger partial charge in [-0.05, 0) is 100 Å². The van der Waals surface area contributed by atoms with Crippen molar-refractivity contribution in [3.8, 4) is 39.4 Å². The van der Waals surface area contributed by atoms with Crippen LogP contribution in [0.15, 0.2) is 217 Å². The molecule has 2 aromatic heterocycles. The Morgan fingerprint density at radius 3 is 1.75 bits per heavy atom. The summed E-state index contributed by atoms with van der Waals surface area (Å²) in [5, 5.41) is 4.66. The second kappa shape index (κ2) is 13.6. The Hall–Kier alpha value is -7.69. The van der Waals surface area contributed by atoms with Crippen molar-refractivity contribution in [2.24, 2.45) is 0 Å². The van der Waals surface area contributed by atoms with Gasteiger partial charge in [-0.15, -0.1) is 0 Å². The minimum Gasteiger partial charge on any atom is -0.436 e. The van der Waals surface area contributed by atoms with Gasteiger partial charge in [-0.25, -0.2) is 4.98 Å². The lowest BCUT2D eigenvalue weighted by Gasteiger charge is -2.26. The van der Waals surface area contributed by atoms with Crippen molar-refractivity contribution >= 4 is 60.7 Å². The number of hydrogen-bond acceptors (Lipinski definition) is 3. The summed E-state index contributed by atoms with van der Waals surface area (Å²) in [5.74, 6) is 0.625. The first-order valence-corrected chi connectivity index (χ1v) is 19.3. The third kappa shape index (κ3) is 5.66. The molecule has 0 unspecified atom stereocenters. The Labute approximate surface area is 330 Å². The molecule has 0 amide bonds. The maximum absolute atomic E-state index is 6.43. The molecule has 0 N–H and O–H groups in total. The lowest BCUT2D eigenvalue weighted by atomic mass is 9.97. The number of aromatic nitrogens is 2. The van der Waals surface area contributed by atoms with Gasteiger partial charge in [0.25, 0.3) is 0 Å². The van der Waals surface area contributed by atoms with E-state index in [1.54, 1.807) is 0 Å². The van der Waals surface area contributed by atoms with E-state index >= 15 is 0 Å². The smallest absolute Gasteiger partial charge is 0.227 e. The van der Waals surface area contributed by atoms with Gasteiger partial charge in [-0.1, -0.05) is 140 Å². The monoisotopic (exact) mass is 729 g/mol. The average Bonchev–Trinajstić information content (AvgIpc) is 3.87. The Morgan fingerprint density at radius 2 is 0.982 bits per heavy atom. The van der Waals surface area contributed by atoms with Gasteiger partial charge >= 0.3 is 0 Å². The largest absolute Gasteiger partial charge is 0.436 e. The predicted molar refractivity (Wildman–Crippen MR) is 237 cm³/mol. The summed E-state index contributed by atoms with van der Waals surface area (Å²) < 4.78 is 8.81. The van der Waals surface area contributed by atoms with Gasteiger partial charge in [0.1, 0.15) is 5.52 Å². The predicted octanol–water partition coefficient (Wildman–Crippen LogP) is 14.5. The molecule has 9 aromatic carbocycles. The number of anilines is 3. The van der Waals surface area contributed by atoms with Gasteiger partial charge in [-0.3, -0.25) is 0 Å². The SMILES string of the molecule is c1ccc(-c2cccc(N(c3ccc(-c4cc5oc(-c6ccccc6)nc5c5ccccc45)cc3)c3ccc4c5ccccc5n(-c5ccccc5)c4c3)c2)cc1. The Bertz CT molecular complexity index is 3220. The molecule has 268 valence electrons. The van der Waals surface area contributed by atoms with Gasteiger partial charge in [0.2, 0.25) is 5.89 Å². The molecule has 0 radical (unpaired) electrons. The van der Waals surface area contributed by atoms with Crippen LogP contribution in [0, 0.1) is 0 Å². The van der Waals surface area contributed by atoms with Crippen LogP contribution in [0.25, 0.3) is 83.1 Å². The number of nitrogens with zero attached hydrogens (tertiary/aromatic N) is 3. The zero-order valence-corrected chi connectivity index (χ0v) is 31.0. The third-order valence-corrected chi connectivity index (χ3v) is 11.0. The van der Waals surface area contributed by atoms with Crippen LogP contribution in [0.1, 0.15) is 0 Å². The second-order valence-electron chi connectivity index (χ2n) is 14.4. The van der Waals surface area contributed by atoms with E-state index in [1.807, 2.05) is 30.3 Å². The number of hydrogen-bond donors (Lipinski definition) is 0. The molecule has 0 aliphatic rings. The first-order valence-electron chi connectivity index (χ1n) is 19.3. The van der Waals surface area contributed by atoms with Crippen LogP contribution in [0.5, 0.6) is 0 Å². The number of para-hydroxylation sites is 2. The summed E-state index contributed by atoms with van der Waals surface area (Å²) >= 11 is 0. The molecule has 0 atom stereocenters. The van der Waals surface area contributed by atoms with Crippen LogP contribution in [-0.4, -0.2) is 9.55 Å². The van der Waals surface area contributed by atoms with Crippen molar-refractivity contribution in [1.29, 1.82) is 0 Å². The fourth-order valence-corrected chi connectivity index (χ4v) is 8.34. The molecular formula is C53H35N3O. The normalized spacial score (nSPS) is 11.5. The fraction of sp³-hybridized carbons (Fsp3) is 0. The van der Waals surface area contributed by atoms with E-state index in [9.17, 15) is 0 Å². The van der Waals surface area contributed by atoms with Gasteiger partial charge in [0.15, 0.2) is 5.58 Å². The fourth-order valence-electron chi connectivity index (χ4n) is 8.34. The van der Waals surface area contributed by atoms with E-state index in [0.29, 0.717) is 5.89 Å². The average molecular weight is 730 g/mol. The molecule has 11 rings (SSSR count). The number of benzene rings is 9. The topological polar surface area (TPSA) is 34.2 Å². The van der Waals surface area contributed by atoms with Crippen LogP contribution < -0.4 is 4.90 Å². The second-order valence-corrected chi connectivity index (χ2v) is 14.4. The van der Waals surface area contributed by atoms with E-state index < -0.39 is 0 Å². The van der Waals surface area contributed by atoms with Crippen LogP contribution in [0.4, 0.5) is 17.1 Å². The standard InChI is InChI=1S/C53H35N3O/c1-4-15-36(16-5-1)39-19-14-22-42(33-39)55(43-31-32-46-45-24-12-13-26-49(45)56(50(46)34-43)40-20-8-3-9-21-40)41-29-27-37(28-30-41)48-35-51-52(47-25-11-10-23-44(47)48)54-53(57-51)38-17-6-2-7-18-38/h1-35H. The molecule has 4 nitrogen and oxygen atoms in total. The van der Waals surface area contributed by atoms with Crippen molar-refractivity contribution in [2.45, 2.75) is 0 Å². The van der Waals surface area contributed by atoms with Crippen LogP contribution >= 0.6 is 0 Å². The van der Waals surface area contributed by atoms with Crippen molar-refractivity contribution in [2.75, 3.05) is 4.90 Å². The van der Waals surface area contributed by atoms with Crippen molar-refractivity contribution in [1.82, 2.24) is 9.55 Å². The molecule has 11 aromatic rings. The molecule has 0 fully saturated rings. The maximum Gasteiger partial charge on any atom is 0.227 e. The molecule has 0 saturated heterocycles. The summed E-state index contributed by atoms with van der Waals surface area (Å²) in [6.07, 6.45) is 0. The van der Waals surface area contributed by atoms with Gasteiger partial charge in [-0.2, -0.15) is 0 Å². The van der Waals surface area contributed by atoms with Gasteiger partial charge in [0, 0.05) is 44.5 Å². The number of rotatable bonds is 7. The van der Waals surface area contributed by atoms with E-state index in [4.69, 9.17) is 9.40 Å². The van der Waals surface area contributed by atoms with E-state index in [2.05, 4.69) is 191 Å². The van der Waals surface area contributed by atoms with Crippen molar-refractivity contribution in [3.05, 3.63) is 212 Å². The van der Waals surface area contributed by atoms with Crippen molar-refractivity contribution in [3.63, 3.8) is 0 Å². The molecule has 0 bridgehead atoms. The molecule has 2 heterocycles. The highest BCUT2D eigenvalue weighted by Crippen LogP contribution is 2.42. The molecule has 57 heavy (non-hydrogen) atoms. The van der Waals surface area contributed by atoms with E-state index in [0.717, 1.165) is 72.4 Å². The van der Waals surface area contributed by atoms with Gasteiger partial charge < -0.3 is 13.9 Å². The van der Waals surface area contributed by atoms with Crippen LogP contribution in [0.3, 0.4) is 0 Å². The zero-order valence-electron chi connectivity index (χ0n) is 31.0. The molecule has 0 saturated carbocycles. The van der Waals surface area contributed by atoms with Gasteiger partial charge in [0.05, 0.1) is 11.0 Å². The highest BCUT2D eigenvalue weighted by molar-refractivity contribution is 6.12. The summed E-state index contributed by atoms with van der Waals surface area (Å²) in [5.41, 5.74) is 13.8. The summed E-state index contributed by atoms with van der Waals surface area (Å²) in [7, 11) is 0. The molecule has 4 heteroatoms. The quantitative estimate of drug-likeness (QED) is 0.164. The minimum absolute atomic E-state index is 0.625. The highest BCUT2D eigenvalue weighted by Gasteiger charge is 2.20. The number of fused-ring (bicyclic) bond motifs is 6. The molecule has 0 aliphatic heterocycles. The summed E-state index contributed by atoms with van der Waals surface area (Å²) in [4.78, 5) is 7.33. The molecule has 0 spiro atoms. The summed E-state index contributed by atoms with van der Waals surface area (Å²) in [6.45, 7) is 0. The Kier molecular flexibility index (Phi) is 7.78.